The summed E-state index contributed by atoms with van der Waals surface area (Å²) in [6.07, 6.45) is 7.30. The van der Waals surface area contributed by atoms with E-state index in [2.05, 4.69) is 25.4 Å². The Balaban J connectivity index is 1.77. The van der Waals surface area contributed by atoms with Gasteiger partial charge in [0, 0.05) is 49.3 Å². The van der Waals surface area contributed by atoms with Gasteiger partial charge in [-0.05, 0) is 13.0 Å². The van der Waals surface area contributed by atoms with Gasteiger partial charge in [0.05, 0.1) is 27.3 Å². The third-order valence-corrected chi connectivity index (χ3v) is 4.89. The predicted octanol–water partition coefficient (Wildman–Crippen LogP) is 3.19. The number of nitrogens with one attached hydrogen (secondary N) is 2. The van der Waals surface area contributed by atoms with Crippen LogP contribution in [0.15, 0.2) is 36.3 Å². The highest BCUT2D eigenvalue weighted by molar-refractivity contribution is 6.16. The van der Waals surface area contributed by atoms with E-state index >= 15 is 0 Å². The lowest BCUT2D eigenvalue weighted by atomic mass is 9.91. The maximum atomic E-state index is 7.83. The van der Waals surface area contributed by atoms with Crippen LogP contribution in [0.2, 0.25) is 6.32 Å². The number of ether oxygens (including phenoxy) is 2. The van der Waals surface area contributed by atoms with Gasteiger partial charge in [-0.2, -0.15) is 5.10 Å². The molecule has 0 amide bonds. The average Bonchev–Trinajstić information content (AvgIpc) is 3.15. The summed E-state index contributed by atoms with van der Waals surface area (Å²) in [5.74, 6) is 2.85. The smallest absolute Gasteiger partial charge is 0.222 e. The number of aromatic nitrogens is 5. The molecule has 1 aliphatic heterocycles. The fourth-order valence-electron chi connectivity index (χ4n) is 3.22. The van der Waals surface area contributed by atoms with Gasteiger partial charge in [-0.3, -0.25) is 0 Å². The Morgan fingerprint density at radius 3 is 2.90 bits per heavy atom. The number of fused-ring (bicyclic) bond motifs is 6. The van der Waals surface area contributed by atoms with Crippen molar-refractivity contribution in [3.05, 3.63) is 41.9 Å². The first-order chi connectivity index (χ1) is 15.1. The van der Waals surface area contributed by atoms with Crippen molar-refractivity contribution in [2.45, 2.75) is 19.7 Å². The summed E-state index contributed by atoms with van der Waals surface area (Å²) < 4.78 is 13.7. The van der Waals surface area contributed by atoms with E-state index in [0.717, 1.165) is 5.57 Å². The first-order valence-electron chi connectivity index (χ1n) is 9.89. The Labute approximate surface area is 181 Å². The fraction of sp³-hybridized carbons (Fsp3) is 0.286. The molecule has 0 saturated carbocycles. The first-order valence-corrected chi connectivity index (χ1v) is 9.89. The van der Waals surface area contributed by atoms with E-state index in [0.29, 0.717) is 71.7 Å². The number of hydrogen-bond donors (Lipinski definition) is 2. The molecule has 10 heteroatoms. The van der Waals surface area contributed by atoms with Crippen LogP contribution in [0.3, 0.4) is 0 Å². The number of hydrogen-bond acceptors (Lipinski definition) is 8. The van der Waals surface area contributed by atoms with Crippen LogP contribution in [-0.4, -0.2) is 52.0 Å². The van der Waals surface area contributed by atoms with E-state index in [4.69, 9.17) is 22.7 Å². The zero-order chi connectivity index (χ0) is 21.8. The second-order valence-corrected chi connectivity index (χ2v) is 7.04. The van der Waals surface area contributed by atoms with Crippen molar-refractivity contribution in [2.75, 3.05) is 18.5 Å². The molecular weight excluding hydrogens is 393 g/mol. The summed E-state index contributed by atoms with van der Waals surface area (Å²) in [7, 11) is 7.61. The number of aryl methyl sites for hydroxylation is 1. The predicted molar refractivity (Wildman–Crippen MR) is 119 cm³/mol. The fourth-order valence-corrected chi connectivity index (χ4v) is 3.22. The van der Waals surface area contributed by atoms with Crippen LogP contribution < -0.4 is 14.8 Å². The number of pyridine rings is 1. The van der Waals surface area contributed by atoms with Crippen molar-refractivity contribution in [3.8, 4) is 23.0 Å². The topological polar surface area (TPSA) is 111 Å². The van der Waals surface area contributed by atoms with Gasteiger partial charge in [-0.25, -0.2) is 19.6 Å². The molecule has 4 bridgehead atoms. The van der Waals surface area contributed by atoms with E-state index in [-0.39, 0.29) is 0 Å². The molecule has 0 aliphatic carbocycles. The van der Waals surface area contributed by atoms with Crippen LogP contribution in [0.25, 0.3) is 17.0 Å². The molecule has 9 nitrogen and oxygen atoms in total. The Morgan fingerprint density at radius 2 is 2.10 bits per heavy atom. The lowest BCUT2D eigenvalue weighted by Gasteiger charge is -2.16. The molecule has 1 aliphatic rings. The third kappa shape index (κ3) is 4.28. The molecule has 0 fully saturated rings. The molecule has 156 valence electrons. The van der Waals surface area contributed by atoms with Crippen LogP contribution in [0.5, 0.6) is 11.6 Å². The van der Waals surface area contributed by atoms with E-state index in [1.807, 2.05) is 14.0 Å². The lowest BCUT2D eigenvalue weighted by molar-refractivity contribution is 0.236. The van der Waals surface area contributed by atoms with E-state index < -0.39 is 0 Å². The van der Waals surface area contributed by atoms with Crippen molar-refractivity contribution in [1.29, 1.82) is 5.41 Å². The Morgan fingerprint density at radius 1 is 1.26 bits per heavy atom. The van der Waals surface area contributed by atoms with E-state index in [1.54, 1.807) is 35.4 Å². The summed E-state index contributed by atoms with van der Waals surface area (Å²) in [5.41, 5.74) is 3.00. The second-order valence-electron chi connectivity index (χ2n) is 7.04. The van der Waals surface area contributed by atoms with Gasteiger partial charge in [-0.1, -0.05) is 11.9 Å². The molecule has 0 unspecified atom stereocenters. The number of rotatable bonds is 3. The zero-order valence-electron chi connectivity index (χ0n) is 17.4. The molecule has 0 saturated heterocycles. The molecule has 3 aromatic rings. The van der Waals surface area contributed by atoms with Crippen LogP contribution in [0, 0.1) is 5.41 Å². The maximum absolute atomic E-state index is 7.83. The molecule has 2 radical (unpaired) electrons. The van der Waals surface area contributed by atoms with Crippen molar-refractivity contribution >= 4 is 31.3 Å². The SMILES string of the molecule is [B]C/C(C)=C(/C=N)c1cnc2cc1OCCCOc1c(cnn1C)-c1nccc(n1)N2. The van der Waals surface area contributed by atoms with Crippen molar-refractivity contribution in [3.63, 3.8) is 0 Å². The number of anilines is 2. The Hall–Kier alpha value is -3.69. The minimum Gasteiger partial charge on any atom is -0.493 e. The standard InChI is InChI=1S/C21H22BN7O2/c1-13(9-22)14(10-23)15-11-25-19-8-17(15)30-6-3-7-31-21-16(12-26-29(21)2)20-24-5-4-18(27-19)28-20/h4-5,8,10-12,23H,3,6-7,9H2,1-2H3,(H,24,25,27,28)/b14-13-,23-10?. The highest BCUT2D eigenvalue weighted by atomic mass is 16.5. The molecular formula is C21H22BN7O2. The summed E-state index contributed by atoms with van der Waals surface area (Å²) in [6.45, 7) is 2.76. The molecule has 31 heavy (non-hydrogen) atoms. The monoisotopic (exact) mass is 415 g/mol. The van der Waals surface area contributed by atoms with Crippen molar-refractivity contribution in [2.24, 2.45) is 7.05 Å². The summed E-state index contributed by atoms with van der Waals surface area (Å²) in [4.78, 5) is 13.4. The zero-order valence-corrected chi connectivity index (χ0v) is 17.4. The Bertz CT molecular complexity index is 1140. The van der Waals surface area contributed by atoms with Crippen LogP contribution >= 0.6 is 0 Å². The number of nitrogens with zero attached hydrogens (tertiary/aromatic N) is 5. The average molecular weight is 415 g/mol. The molecule has 0 spiro atoms. The van der Waals surface area contributed by atoms with Gasteiger partial charge >= 0.3 is 0 Å². The lowest BCUT2D eigenvalue weighted by Crippen LogP contribution is -2.10. The third-order valence-electron chi connectivity index (χ3n) is 4.89. The van der Waals surface area contributed by atoms with Crippen molar-refractivity contribution in [1.82, 2.24) is 24.7 Å². The highest BCUT2D eigenvalue weighted by Crippen LogP contribution is 2.32. The Kier molecular flexibility index (Phi) is 5.97. The van der Waals surface area contributed by atoms with Crippen LogP contribution in [-0.2, 0) is 7.05 Å². The summed E-state index contributed by atoms with van der Waals surface area (Å²) in [5, 5.41) is 15.3. The quantitative estimate of drug-likeness (QED) is 0.499. The van der Waals surface area contributed by atoms with Gasteiger partial charge in [0.2, 0.25) is 5.88 Å². The van der Waals surface area contributed by atoms with E-state index in [1.165, 1.54) is 6.21 Å². The van der Waals surface area contributed by atoms with Crippen LogP contribution in [0.1, 0.15) is 18.9 Å². The van der Waals surface area contributed by atoms with Gasteiger partial charge < -0.3 is 20.2 Å². The van der Waals surface area contributed by atoms with E-state index in [9.17, 15) is 0 Å². The second kappa shape index (κ2) is 8.99. The van der Waals surface area contributed by atoms with Crippen molar-refractivity contribution < 1.29 is 9.47 Å². The molecule has 4 rings (SSSR count). The van der Waals surface area contributed by atoms with Gasteiger partial charge in [-0.15, -0.1) is 0 Å². The minimum atomic E-state index is 0.342. The molecule has 0 atom stereocenters. The molecule has 4 heterocycles. The normalized spacial score (nSPS) is 14.1. The highest BCUT2D eigenvalue weighted by Gasteiger charge is 2.17. The maximum Gasteiger partial charge on any atom is 0.222 e. The van der Waals surface area contributed by atoms with Gasteiger partial charge in [0.25, 0.3) is 0 Å². The molecule has 3 aromatic heterocycles. The minimum absolute atomic E-state index is 0.342. The molecule has 2 N–H and O–H groups in total. The number of allylic oxidation sites excluding steroid dienone is 2. The van der Waals surface area contributed by atoms with Crippen LogP contribution in [0.4, 0.5) is 11.6 Å². The largest absolute Gasteiger partial charge is 0.493 e. The first kappa shape index (κ1) is 20.6. The molecule has 0 aromatic carbocycles. The summed E-state index contributed by atoms with van der Waals surface area (Å²) >= 11 is 0. The summed E-state index contributed by atoms with van der Waals surface area (Å²) in [6, 6.07) is 3.55. The van der Waals surface area contributed by atoms with Gasteiger partial charge in [0.1, 0.15) is 22.9 Å². The van der Waals surface area contributed by atoms with Gasteiger partial charge in [0.15, 0.2) is 5.82 Å².